The van der Waals surface area contributed by atoms with Gasteiger partial charge in [-0.05, 0) is 88.2 Å². The summed E-state index contributed by atoms with van der Waals surface area (Å²) in [6.45, 7) is 8.40. The van der Waals surface area contributed by atoms with Gasteiger partial charge in [-0.2, -0.15) is 0 Å². The van der Waals surface area contributed by atoms with E-state index in [4.69, 9.17) is 0 Å². The first-order valence-electron chi connectivity index (χ1n) is 13.0. The second kappa shape index (κ2) is 8.32. The van der Waals surface area contributed by atoms with Gasteiger partial charge in [-0.15, -0.1) is 0 Å². The third-order valence-corrected chi connectivity index (χ3v) is 10.5. The van der Waals surface area contributed by atoms with Crippen molar-refractivity contribution < 1.29 is 40.5 Å². The summed E-state index contributed by atoms with van der Waals surface area (Å²) in [6.07, 6.45) is -0.952. The van der Waals surface area contributed by atoms with Crippen LogP contribution in [-0.2, 0) is 4.79 Å². The Morgan fingerprint density at radius 3 is 2.26 bits per heavy atom. The van der Waals surface area contributed by atoms with E-state index in [9.17, 15) is 40.5 Å². The number of hydrogen-bond donors (Lipinski definition) is 7. The standard InChI is InChI=1S/C27H44O8/c1-23(2,33)12-20(31)22(32)26(5,34)21-7-9-27(35)15-10-17(28)16-11-18(29)19(30)13-24(16,3)14(15)6-8-25(21,27)4/h10,14,16,18-22,29-35H,6-9,11-13H2,1-5H3/t14-,16-,18+,19-,20+,21-,22-,24+,25+,26+,27+/m0/s1. The Morgan fingerprint density at radius 1 is 1.03 bits per heavy atom. The Kier molecular flexibility index (Phi) is 6.46. The molecule has 0 aromatic rings. The van der Waals surface area contributed by atoms with Gasteiger partial charge in [0.25, 0.3) is 0 Å². The van der Waals surface area contributed by atoms with Gasteiger partial charge < -0.3 is 35.7 Å². The molecular formula is C27H44O8. The number of rotatable bonds is 5. The minimum atomic E-state index is -1.74. The molecule has 3 saturated carbocycles. The van der Waals surface area contributed by atoms with Crippen molar-refractivity contribution in [3.63, 3.8) is 0 Å². The molecule has 3 fully saturated rings. The molecule has 8 heteroatoms. The van der Waals surface area contributed by atoms with E-state index >= 15 is 0 Å². The molecule has 0 saturated heterocycles. The molecule has 4 aliphatic rings. The summed E-state index contributed by atoms with van der Waals surface area (Å²) in [4.78, 5) is 13.3. The maximum atomic E-state index is 13.3. The first-order chi connectivity index (χ1) is 15.9. The van der Waals surface area contributed by atoms with Crippen LogP contribution in [0.3, 0.4) is 0 Å². The smallest absolute Gasteiger partial charge is 0.159 e. The largest absolute Gasteiger partial charge is 0.390 e. The van der Waals surface area contributed by atoms with Crippen molar-refractivity contribution >= 4 is 5.78 Å². The number of hydrogen-bond acceptors (Lipinski definition) is 8. The Morgan fingerprint density at radius 2 is 1.66 bits per heavy atom. The fraction of sp³-hybridized carbons (Fsp3) is 0.889. The lowest BCUT2D eigenvalue weighted by molar-refractivity contribution is -0.194. The van der Waals surface area contributed by atoms with Gasteiger partial charge in [0.05, 0.1) is 35.1 Å². The maximum Gasteiger partial charge on any atom is 0.159 e. The van der Waals surface area contributed by atoms with Crippen molar-refractivity contribution in [1.82, 2.24) is 0 Å². The summed E-state index contributed by atoms with van der Waals surface area (Å²) in [5.41, 5.74) is -5.15. The van der Waals surface area contributed by atoms with Gasteiger partial charge in [0.15, 0.2) is 5.78 Å². The molecular weight excluding hydrogens is 452 g/mol. The molecule has 7 N–H and O–H groups in total. The van der Waals surface area contributed by atoms with E-state index in [1.807, 2.05) is 13.8 Å². The summed E-state index contributed by atoms with van der Waals surface area (Å²) >= 11 is 0. The molecule has 0 unspecified atom stereocenters. The first-order valence-corrected chi connectivity index (χ1v) is 13.0. The van der Waals surface area contributed by atoms with Gasteiger partial charge >= 0.3 is 0 Å². The minimum Gasteiger partial charge on any atom is -0.390 e. The summed E-state index contributed by atoms with van der Waals surface area (Å²) < 4.78 is 0. The number of ketones is 1. The van der Waals surface area contributed by atoms with Crippen molar-refractivity contribution in [3.8, 4) is 0 Å². The van der Waals surface area contributed by atoms with Crippen LogP contribution in [0.5, 0.6) is 0 Å². The zero-order valence-corrected chi connectivity index (χ0v) is 21.6. The lowest BCUT2D eigenvalue weighted by atomic mass is 9.45. The highest BCUT2D eigenvalue weighted by Crippen LogP contribution is 2.68. The highest BCUT2D eigenvalue weighted by atomic mass is 16.4. The first kappa shape index (κ1) is 27.2. The summed E-state index contributed by atoms with van der Waals surface area (Å²) in [5.74, 6) is -1.26. The minimum absolute atomic E-state index is 0.117. The van der Waals surface area contributed by atoms with Crippen molar-refractivity contribution in [2.24, 2.45) is 28.6 Å². The molecule has 0 amide bonds. The van der Waals surface area contributed by atoms with Crippen LogP contribution < -0.4 is 0 Å². The van der Waals surface area contributed by atoms with E-state index < -0.39 is 63.9 Å². The number of allylic oxidation sites excluding steroid dienone is 1. The van der Waals surface area contributed by atoms with Gasteiger partial charge in [0.1, 0.15) is 6.10 Å². The number of fused-ring (bicyclic) bond motifs is 5. The molecule has 200 valence electrons. The van der Waals surface area contributed by atoms with E-state index in [1.54, 1.807) is 6.08 Å². The summed E-state index contributed by atoms with van der Waals surface area (Å²) in [5, 5.41) is 76.1. The van der Waals surface area contributed by atoms with E-state index in [-0.39, 0.29) is 31.0 Å². The maximum absolute atomic E-state index is 13.3. The normalized spacial score (nSPS) is 47.1. The third kappa shape index (κ3) is 3.95. The number of carbonyl (C=O) groups is 1. The molecule has 8 nitrogen and oxygen atoms in total. The van der Waals surface area contributed by atoms with Crippen LogP contribution in [0.1, 0.15) is 79.6 Å². The lowest BCUT2D eigenvalue weighted by Gasteiger charge is -2.60. The van der Waals surface area contributed by atoms with Gasteiger partial charge in [-0.1, -0.05) is 13.8 Å². The average molecular weight is 497 g/mol. The van der Waals surface area contributed by atoms with Crippen LogP contribution in [0, 0.1) is 28.6 Å². The van der Waals surface area contributed by atoms with Gasteiger partial charge in [-0.3, -0.25) is 4.79 Å². The van der Waals surface area contributed by atoms with Crippen LogP contribution in [0.25, 0.3) is 0 Å². The van der Waals surface area contributed by atoms with E-state index in [0.717, 1.165) is 0 Å². The highest BCUT2D eigenvalue weighted by Gasteiger charge is 2.69. The van der Waals surface area contributed by atoms with Crippen LogP contribution in [0.4, 0.5) is 0 Å². The van der Waals surface area contributed by atoms with Crippen LogP contribution >= 0.6 is 0 Å². The molecule has 4 aliphatic carbocycles. The Bertz CT molecular complexity index is 892. The fourth-order valence-electron chi connectivity index (χ4n) is 8.53. The number of aliphatic hydroxyl groups is 7. The fourth-order valence-corrected chi connectivity index (χ4v) is 8.53. The Labute approximate surface area is 207 Å². The SMILES string of the molecule is CC(C)(O)C[C@@H](O)[C@H](O)[C@](C)(O)[C@H]1CC[C@@]2(O)C3=CC(=O)[C@@H]4C[C@@H](O)[C@@H](O)C[C@]4(C)[C@H]3CC[C@]12C. The Hall–Kier alpha value is -0.870. The molecule has 0 spiro atoms. The second-order valence-electron chi connectivity index (χ2n) is 13.3. The quantitative estimate of drug-likeness (QED) is 0.295. The van der Waals surface area contributed by atoms with E-state index in [1.165, 1.54) is 20.8 Å². The molecule has 4 rings (SSSR count). The van der Waals surface area contributed by atoms with Crippen LogP contribution in [-0.4, -0.2) is 82.7 Å². The van der Waals surface area contributed by atoms with Crippen LogP contribution in [0.2, 0.25) is 0 Å². The molecule has 0 aliphatic heterocycles. The van der Waals surface area contributed by atoms with Gasteiger partial charge in [0.2, 0.25) is 0 Å². The second-order valence-corrected chi connectivity index (χ2v) is 13.3. The predicted octanol–water partition coefficient (Wildman–Crippen LogP) is 0.825. The topological polar surface area (TPSA) is 159 Å². The van der Waals surface area contributed by atoms with Crippen molar-refractivity contribution in [2.45, 2.75) is 121 Å². The van der Waals surface area contributed by atoms with E-state index in [2.05, 4.69) is 0 Å². The molecule has 0 aromatic carbocycles. The monoisotopic (exact) mass is 496 g/mol. The van der Waals surface area contributed by atoms with E-state index in [0.29, 0.717) is 31.3 Å². The lowest BCUT2D eigenvalue weighted by Crippen LogP contribution is -2.63. The average Bonchev–Trinajstić information content (AvgIpc) is 3.00. The van der Waals surface area contributed by atoms with Crippen molar-refractivity contribution in [1.29, 1.82) is 0 Å². The van der Waals surface area contributed by atoms with Crippen molar-refractivity contribution in [2.75, 3.05) is 0 Å². The molecule has 35 heavy (non-hydrogen) atoms. The van der Waals surface area contributed by atoms with Gasteiger partial charge in [0, 0.05) is 17.8 Å². The highest BCUT2D eigenvalue weighted by molar-refractivity contribution is 5.95. The molecule has 0 aromatic heterocycles. The third-order valence-electron chi connectivity index (χ3n) is 10.5. The Balaban J connectivity index is 1.68. The van der Waals surface area contributed by atoms with Gasteiger partial charge in [-0.25, -0.2) is 0 Å². The number of aliphatic hydroxyl groups excluding tert-OH is 4. The van der Waals surface area contributed by atoms with Crippen molar-refractivity contribution in [3.05, 3.63) is 11.6 Å². The summed E-state index contributed by atoms with van der Waals surface area (Å²) in [7, 11) is 0. The zero-order valence-electron chi connectivity index (χ0n) is 21.6. The zero-order chi connectivity index (χ0) is 26.4. The molecule has 11 atom stereocenters. The van der Waals surface area contributed by atoms with Crippen LogP contribution in [0.15, 0.2) is 11.6 Å². The molecule has 0 bridgehead atoms. The predicted molar refractivity (Wildman–Crippen MR) is 128 cm³/mol. The summed E-state index contributed by atoms with van der Waals surface area (Å²) in [6, 6.07) is 0. The number of carbonyl (C=O) groups excluding carboxylic acids is 1. The molecule has 0 radical (unpaired) electrons. The molecule has 0 heterocycles.